The maximum atomic E-state index is 12.6. The Morgan fingerprint density at radius 3 is 2.78 bits per heavy atom. The predicted octanol–water partition coefficient (Wildman–Crippen LogP) is 3.29. The first-order chi connectivity index (χ1) is 8.38. The molecule has 2 nitrogen and oxygen atoms in total. The van der Waals surface area contributed by atoms with E-state index in [1.165, 1.54) is 0 Å². The molecule has 0 spiro atoms. The zero-order chi connectivity index (χ0) is 11.7. The molecule has 0 aliphatic carbocycles. The maximum Gasteiger partial charge on any atom is 0.131 e. The normalized spacial score (nSPS) is 10.3. The van der Waals surface area contributed by atoms with E-state index in [1.807, 2.05) is 41.0 Å². The van der Waals surface area contributed by atoms with E-state index in [-0.39, 0.29) is 20.1 Å². The number of nitrogens with zero attached hydrogens (tertiary/aromatic N) is 2. The predicted molar refractivity (Wildman–Crippen MR) is 64.7 cm³/mol. The third-order valence-electron chi connectivity index (χ3n) is 2.68. The van der Waals surface area contributed by atoms with E-state index in [0.29, 0.717) is 11.5 Å². The van der Waals surface area contributed by atoms with Gasteiger partial charge in [-0.25, -0.2) is 4.39 Å². The van der Waals surface area contributed by atoms with Gasteiger partial charge in [-0.15, -0.1) is 17.5 Å². The van der Waals surface area contributed by atoms with Crippen molar-refractivity contribution in [1.29, 1.82) is 0 Å². The largest absolute Gasteiger partial charge is 0.429 e. The van der Waals surface area contributed by atoms with Crippen molar-refractivity contribution in [2.24, 2.45) is 0 Å². The van der Waals surface area contributed by atoms with Crippen molar-refractivity contribution in [1.82, 2.24) is 9.55 Å². The van der Waals surface area contributed by atoms with Gasteiger partial charge in [-0.2, -0.15) is 0 Å². The molecule has 0 fully saturated rings. The topological polar surface area (TPSA) is 17.8 Å². The Kier molecular flexibility index (Phi) is 3.90. The molecule has 1 radical (unpaired) electrons. The summed E-state index contributed by atoms with van der Waals surface area (Å²) in [6, 6.07) is 15.2. The van der Waals surface area contributed by atoms with Crippen LogP contribution in [0.15, 0.2) is 48.5 Å². The minimum absolute atomic E-state index is 0. The summed E-state index contributed by atoms with van der Waals surface area (Å²) in [5.74, 6) is 0.696. The first kappa shape index (κ1) is 12.9. The minimum atomic E-state index is -0.549. The van der Waals surface area contributed by atoms with Gasteiger partial charge in [-0.1, -0.05) is 42.0 Å². The average molecular weight is 417 g/mol. The number of fused-ring (bicyclic) bond motifs is 1. The fourth-order valence-corrected chi connectivity index (χ4v) is 1.87. The van der Waals surface area contributed by atoms with Crippen LogP contribution in [0.3, 0.4) is 0 Å². The summed E-state index contributed by atoms with van der Waals surface area (Å²) in [5, 5.41) is 1.10. The molecule has 4 heteroatoms. The van der Waals surface area contributed by atoms with Crippen LogP contribution in [0.2, 0.25) is 0 Å². The number of rotatable bonds is 2. The molecule has 0 amide bonds. The van der Waals surface area contributed by atoms with Crippen LogP contribution in [0.1, 0.15) is 5.69 Å². The number of halogens is 1. The first-order valence-electron chi connectivity index (χ1n) is 5.39. The van der Waals surface area contributed by atoms with Gasteiger partial charge in [0, 0.05) is 20.1 Å². The molecular formula is C14H10FIrN2-. The Morgan fingerprint density at radius 2 is 1.94 bits per heavy atom. The molecule has 3 aromatic rings. The molecule has 3 rings (SSSR count). The van der Waals surface area contributed by atoms with E-state index in [2.05, 4.69) is 11.2 Å². The van der Waals surface area contributed by atoms with Crippen LogP contribution < -0.4 is 0 Å². The van der Waals surface area contributed by atoms with Gasteiger partial charge in [0.15, 0.2) is 0 Å². The van der Waals surface area contributed by atoms with E-state index in [1.54, 1.807) is 12.1 Å². The molecule has 2 aromatic heterocycles. The van der Waals surface area contributed by atoms with E-state index < -0.39 is 6.67 Å². The fourth-order valence-electron chi connectivity index (χ4n) is 1.87. The van der Waals surface area contributed by atoms with Gasteiger partial charge >= 0.3 is 0 Å². The summed E-state index contributed by atoms with van der Waals surface area (Å²) in [6.45, 7) is -0.549. The van der Waals surface area contributed by atoms with Gasteiger partial charge in [0.25, 0.3) is 0 Å². The van der Waals surface area contributed by atoms with Crippen LogP contribution in [-0.4, -0.2) is 9.55 Å². The fraction of sp³-hybridized carbons (Fsp3) is 0.0714. The number of pyridine rings is 1. The summed E-state index contributed by atoms with van der Waals surface area (Å²) in [6.07, 6.45) is 3.11. The Hall–Kier alpha value is -1.51. The molecule has 2 heterocycles. The molecule has 0 aliphatic rings. The average Bonchev–Trinajstić information content (AvgIpc) is 2.82. The van der Waals surface area contributed by atoms with Crippen molar-refractivity contribution in [3.63, 3.8) is 0 Å². The van der Waals surface area contributed by atoms with Crippen LogP contribution in [0.25, 0.3) is 16.7 Å². The van der Waals surface area contributed by atoms with Gasteiger partial charge < -0.3 is 4.57 Å². The maximum absolute atomic E-state index is 12.6. The Morgan fingerprint density at radius 1 is 1.11 bits per heavy atom. The SMILES string of the molecule is FCc1cccc(-n2[c-]cc3ccccc32)n1.[Ir]. The van der Waals surface area contributed by atoms with Crippen LogP contribution in [-0.2, 0) is 26.8 Å². The quantitative estimate of drug-likeness (QED) is 0.585. The van der Waals surface area contributed by atoms with E-state index in [4.69, 9.17) is 0 Å². The van der Waals surface area contributed by atoms with Crippen LogP contribution in [0.4, 0.5) is 4.39 Å². The molecule has 0 unspecified atom stereocenters. The van der Waals surface area contributed by atoms with E-state index in [0.717, 1.165) is 10.9 Å². The molecule has 0 saturated heterocycles. The van der Waals surface area contributed by atoms with Crippen molar-refractivity contribution in [2.45, 2.75) is 6.67 Å². The second-order valence-electron chi connectivity index (χ2n) is 3.79. The molecule has 0 bridgehead atoms. The smallest absolute Gasteiger partial charge is 0.131 e. The number of aromatic nitrogens is 2. The van der Waals surface area contributed by atoms with Crippen molar-refractivity contribution < 1.29 is 24.5 Å². The molecule has 0 atom stereocenters. The molecule has 0 N–H and O–H groups in total. The van der Waals surface area contributed by atoms with Crippen molar-refractivity contribution in [2.75, 3.05) is 0 Å². The Balaban J connectivity index is 0.00000120. The molecule has 0 aliphatic heterocycles. The Bertz CT molecular complexity index is 663. The van der Waals surface area contributed by atoms with Crippen molar-refractivity contribution in [3.05, 3.63) is 60.4 Å². The zero-order valence-corrected chi connectivity index (χ0v) is 11.8. The third-order valence-corrected chi connectivity index (χ3v) is 2.68. The summed E-state index contributed by atoms with van der Waals surface area (Å²) in [7, 11) is 0. The third kappa shape index (κ3) is 2.22. The molecule has 18 heavy (non-hydrogen) atoms. The van der Waals surface area contributed by atoms with E-state index >= 15 is 0 Å². The second kappa shape index (κ2) is 5.42. The molecule has 1 aromatic carbocycles. The standard InChI is InChI=1S/C14H10FN2.Ir/c15-10-12-5-3-7-14(16-12)17-9-8-11-4-1-2-6-13(11)17;/h1-8H,10H2;/q-1;. The monoisotopic (exact) mass is 418 g/mol. The number of alkyl halides is 1. The summed E-state index contributed by atoms with van der Waals surface area (Å²) >= 11 is 0. The van der Waals surface area contributed by atoms with Gasteiger partial charge in [-0.05, 0) is 6.07 Å². The van der Waals surface area contributed by atoms with Crippen LogP contribution >= 0.6 is 0 Å². The van der Waals surface area contributed by atoms with E-state index in [9.17, 15) is 4.39 Å². The summed E-state index contributed by atoms with van der Waals surface area (Å²) in [5.41, 5.74) is 1.46. The van der Waals surface area contributed by atoms with Crippen molar-refractivity contribution >= 4 is 10.9 Å². The number of hydrogen-bond donors (Lipinski definition) is 0. The first-order valence-corrected chi connectivity index (χ1v) is 5.39. The number of para-hydroxylation sites is 1. The zero-order valence-electron chi connectivity index (χ0n) is 9.43. The van der Waals surface area contributed by atoms with Gasteiger partial charge in [0.1, 0.15) is 6.67 Å². The minimum Gasteiger partial charge on any atom is -0.429 e. The van der Waals surface area contributed by atoms with Gasteiger partial charge in [-0.3, -0.25) is 4.98 Å². The summed E-state index contributed by atoms with van der Waals surface area (Å²) < 4.78 is 14.4. The number of hydrogen-bond acceptors (Lipinski definition) is 1. The van der Waals surface area contributed by atoms with Crippen LogP contribution in [0, 0.1) is 6.20 Å². The molecular weight excluding hydrogens is 407 g/mol. The van der Waals surface area contributed by atoms with Crippen LogP contribution in [0.5, 0.6) is 0 Å². The van der Waals surface area contributed by atoms with Gasteiger partial charge in [0.05, 0.1) is 11.5 Å². The Labute approximate surface area is 118 Å². The van der Waals surface area contributed by atoms with Gasteiger partial charge in [0.2, 0.25) is 0 Å². The second-order valence-corrected chi connectivity index (χ2v) is 3.79. The number of benzene rings is 1. The molecule has 0 saturated carbocycles. The molecule has 93 valence electrons. The summed E-state index contributed by atoms with van der Waals surface area (Å²) in [4.78, 5) is 4.24. The van der Waals surface area contributed by atoms with Crippen molar-refractivity contribution in [3.8, 4) is 5.82 Å².